The van der Waals surface area contributed by atoms with Gasteiger partial charge in [0, 0.05) is 18.7 Å². The van der Waals surface area contributed by atoms with Gasteiger partial charge in [0.25, 0.3) is 11.7 Å². The largest absolute Gasteiger partial charge is 0.507 e. The molecule has 0 spiro atoms. The van der Waals surface area contributed by atoms with Crippen molar-refractivity contribution in [2.45, 2.75) is 19.9 Å². The standard InChI is InChI=1S/C25H30N2O5/c1-5-26(6-2)14-15-27-22(18-8-7-9-20(16-18)32-4)21(24(29)25(27)30)23(28)17-10-12-19(31-3)13-11-17/h7-13,16,22,28H,5-6,14-15H2,1-4H3/t22-/m1/s1. The molecule has 0 unspecified atom stereocenters. The number of benzene rings is 2. The Hall–Kier alpha value is -3.32. The molecule has 2 aromatic rings. The number of nitrogens with zero attached hydrogens (tertiary/aromatic N) is 2. The fourth-order valence-corrected chi connectivity index (χ4v) is 3.96. The van der Waals surface area contributed by atoms with Crippen LogP contribution in [0.1, 0.15) is 31.0 Å². The second-order valence-corrected chi connectivity index (χ2v) is 7.52. The van der Waals surface area contributed by atoms with Crippen molar-refractivity contribution >= 4 is 17.4 Å². The van der Waals surface area contributed by atoms with E-state index in [1.54, 1.807) is 55.5 Å². The van der Waals surface area contributed by atoms with Crippen molar-refractivity contribution in [3.8, 4) is 11.5 Å². The number of amides is 1. The average Bonchev–Trinajstić information content (AvgIpc) is 3.09. The summed E-state index contributed by atoms with van der Waals surface area (Å²) in [5.74, 6) is -0.262. The lowest BCUT2D eigenvalue weighted by Gasteiger charge is -2.28. The highest BCUT2D eigenvalue weighted by Gasteiger charge is 2.46. The number of methoxy groups -OCH3 is 2. The van der Waals surface area contributed by atoms with Crippen LogP contribution in [0.15, 0.2) is 54.1 Å². The molecule has 1 aliphatic rings. The van der Waals surface area contributed by atoms with Gasteiger partial charge in [-0.25, -0.2) is 0 Å². The van der Waals surface area contributed by atoms with Gasteiger partial charge in [-0.05, 0) is 55.1 Å². The van der Waals surface area contributed by atoms with E-state index in [-0.39, 0.29) is 11.3 Å². The number of hydrogen-bond donors (Lipinski definition) is 1. The minimum absolute atomic E-state index is 0.0768. The molecular weight excluding hydrogens is 408 g/mol. The number of ketones is 1. The molecule has 32 heavy (non-hydrogen) atoms. The number of aliphatic hydroxyl groups excluding tert-OH is 1. The average molecular weight is 439 g/mol. The van der Waals surface area contributed by atoms with Crippen molar-refractivity contribution in [3.05, 3.63) is 65.2 Å². The molecule has 170 valence electrons. The number of likely N-dealkylation sites (tertiary alicyclic amines) is 1. The summed E-state index contributed by atoms with van der Waals surface area (Å²) < 4.78 is 10.5. The Morgan fingerprint density at radius 1 is 1.00 bits per heavy atom. The van der Waals surface area contributed by atoms with Gasteiger partial charge in [0.1, 0.15) is 17.3 Å². The Labute approximate surface area is 188 Å². The highest BCUT2D eigenvalue weighted by atomic mass is 16.5. The van der Waals surface area contributed by atoms with Gasteiger partial charge in [0.2, 0.25) is 0 Å². The molecule has 1 N–H and O–H groups in total. The van der Waals surface area contributed by atoms with Gasteiger partial charge in [-0.15, -0.1) is 0 Å². The van der Waals surface area contributed by atoms with E-state index >= 15 is 0 Å². The molecule has 0 radical (unpaired) electrons. The molecule has 0 saturated carbocycles. The van der Waals surface area contributed by atoms with Crippen molar-refractivity contribution in [1.82, 2.24) is 9.80 Å². The summed E-state index contributed by atoms with van der Waals surface area (Å²) in [5.41, 5.74) is 1.23. The number of likely N-dealkylation sites (N-methyl/N-ethyl adjacent to an activating group) is 1. The van der Waals surface area contributed by atoms with E-state index < -0.39 is 17.7 Å². The summed E-state index contributed by atoms with van der Waals surface area (Å²) in [6.07, 6.45) is 0. The monoisotopic (exact) mass is 438 g/mol. The molecule has 1 amide bonds. The van der Waals surface area contributed by atoms with E-state index in [4.69, 9.17) is 9.47 Å². The van der Waals surface area contributed by atoms with Crippen LogP contribution in [-0.2, 0) is 9.59 Å². The zero-order valence-electron chi connectivity index (χ0n) is 19.0. The van der Waals surface area contributed by atoms with E-state index in [2.05, 4.69) is 18.7 Å². The van der Waals surface area contributed by atoms with Crippen LogP contribution in [0.2, 0.25) is 0 Å². The zero-order chi connectivity index (χ0) is 23.3. The van der Waals surface area contributed by atoms with Gasteiger partial charge in [0.15, 0.2) is 0 Å². The maximum Gasteiger partial charge on any atom is 0.295 e. The number of Topliss-reactive ketones (excluding diaryl/α,β-unsaturated/α-hetero) is 1. The predicted octanol–water partition coefficient (Wildman–Crippen LogP) is 3.47. The summed E-state index contributed by atoms with van der Waals surface area (Å²) in [4.78, 5) is 29.9. The highest BCUT2D eigenvalue weighted by molar-refractivity contribution is 6.46. The molecular formula is C25H30N2O5. The summed E-state index contributed by atoms with van der Waals surface area (Å²) in [5, 5.41) is 11.1. The minimum atomic E-state index is -0.706. The van der Waals surface area contributed by atoms with Gasteiger partial charge >= 0.3 is 0 Å². The lowest BCUT2D eigenvalue weighted by molar-refractivity contribution is -0.140. The summed E-state index contributed by atoms with van der Waals surface area (Å²) in [6, 6.07) is 13.3. The van der Waals surface area contributed by atoms with E-state index in [0.29, 0.717) is 35.7 Å². The Balaban J connectivity index is 2.10. The van der Waals surface area contributed by atoms with Crippen LogP contribution in [0.4, 0.5) is 0 Å². The van der Waals surface area contributed by atoms with E-state index in [9.17, 15) is 14.7 Å². The van der Waals surface area contributed by atoms with Crippen molar-refractivity contribution in [1.29, 1.82) is 0 Å². The zero-order valence-corrected chi connectivity index (χ0v) is 19.0. The molecule has 0 aromatic heterocycles. The third-order valence-corrected chi connectivity index (χ3v) is 5.86. The van der Waals surface area contributed by atoms with Crippen LogP contribution < -0.4 is 9.47 Å². The Morgan fingerprint density at radius 2 is 1.66 bits per heavy atom. The van der Waals surface area contributed by atoms with E-state index in [1.165, 1.54) is 0 Å². The molecule has 2 aromatic carbocycles. The highest BCUT2D eigenvalue weighted by Crippen LogP contribution is 2.40. The van der Waals surface area contributed by atoms with Crippen LogP contribution in [0.5, 0.6) is 11.5 Å². The molecule has 1 aliphatic heterocycles. The molecule has 1 saturated heterocycles. The third-order valence-electron chi connectivity index (χ3n) is 5.86. The molecule has 7 heteroatoms. The quantitative estimate of drug-likeness (QED) is 0.367. The smallest absolute Gasteiger partial charge is 0.295 e. The Bertz CT molecular complexity index is 996. The first-order valence-electron chi connectivity index (χ1n) is 10.7. The maximum atomic E-state index is 13.1. The Kier molecular flexibility index (Phi) is 7.53. The lowest BCUT2D eigenvalue weighted by Crippen LogP contribution is -2.38. The number of hydrogen-bond acceptors (Lipinski definition) is 6. The maximum absolute atomic E-state index is 13.1. The van der Waals surface area contributed by atoms with Gasteiger partial charge in [-0.1, -0.05) is 26.0 Å². The number of ether oxygens (including phenoxy) is 2. The molecule has 3 rings (SSSR count). The number of rotatable bonds is 9. The first-order chi connectivity index (χ1) is 15.4. The first kappa shape index (κ1) is 23.3. The van der Waals surface area contributed by atoms with Gasteiger partial charge < -0.3 is 24.4 Å². The number of carbonyl (C=O) groups is 2. The second kappa shape index (κ2) is 10.3. The normalized spacial score (nSPS) is 17.8. The van der Waals surface area contributed by atoms with Crippen LogP contribution >= 0.6 is 0 Å². The number of aliphatic hydroxyl groups is 1. The van der Waals surface area contributed by atoms with Gasteiger partial charge in [-0.3, -0.25) is 9.59 Å². The summed E-state index contributed by atoms with van der Waals surface area (Å²) >= 11 is 0. The molecule has 1 fully saturated rings. The van der Waals surface area contributed by atoms with E-state index in [1.807, 2.05) is 12.1 Å². The SMILES string of the molecule is CCN(CC)CCN1C(=O)C(=O)C(=C(O)c2ccc(OC)cc2)[C@H]1c1cccc(OC)c1. The van der Waals surface area contributed by atoms with Crippen LogP contribution in [-0.4, -0.2) is 67.0 Å². The molecule has 0 bridgehead atoms. The minimum Gasteiger partial charge on any atom is -0.507 e. The molecule has 0 aliphatic carbocycles. The van der Waals surface area contributed by atoms with E-state index in [0.717, 1.165) is 13.1 Å². The fourth-order valence-electron chi connectivity index (χ4n) is 3.96. The van der Waals surface area contributed by atoms with Crippen molar-refractivity contribution in [3.63, 3.8) is 0 Å². The van der Waals surface area contributed by atoms with Crippen molar-refractivity contribution in [2.24, 2.45) is 0 Å². The van der Waals surface area contributed by atoms with Crippen LogP contribution in [0.3, 0.4) is 0 Å². The number of carbonyl (C=O) groups excluding carboxylic acids is 2. The Morgan fingerprint density at radius 3 is 2.25 bits per heavy atom. The fraction of sp³-hybridized carbons (Fsp3) is 0.360. The van der Waals surface area contributed by atoms with Gasteiger partial charge in [-0.2, -0.15) is 0 Å². The summed E-state index contributed by atoms with van der Waals surface area (Å²) in [6.45, 7) is 6.80. The summed E-state index contributed by atoms with van der Waals surface area (Å²) in [7, 11) is 3.12. The van der Waals surface area contributed by atoms with Crippen LogP contribution in [0.25, 0.3) is 5.76 Å². The lowest BCUT2D eigenvalue weighted by atomic mass is 9.95. The molecule has 1 heterocycles. The molecule has 7 nitrogen and oxygen atoms in total. The first-order valence-corrected chi connectivity index (χ1v) is 10.7. The van der Waals surface area contributed by atoms with Crippen LogP contribution in [0, 0.1) is 0 Å². The third kappa shape index (κ3) is 4.62. The second-order valence-electron chi connectivity index (χ2n) is 7.52. The van der Waals surface area contributed by atoms with Gasteiger partial charge in [0.05, 0.1) is 25.8 Å². The van der Waals surface area contributed by atoms with Crippen molar-refractivity contribution in [2.75, 3.05) is 40.4 Å². The van der Waals surface area contributed by atoms with Crippen molar-refractivity contribution < 1.29 is 24.2 Å². The predicted molar refractivity (Wildman–Crippen MR) is 123 cm³/mol. The molecule has 1 atom stereocenters. The topological polar surface area (TPSA) is 79.3 Å².